The Hall–Kier alpha value is -2.96. The predicted molar refractivity (Wildman–Crippen MR) is 110 cm³/mol. The van der Waals surface area contributed by atoms with Gasteiger partial charge in [0, 0.05) is 22.3 Å². The summed E-state index contributed by atoms with van der Waals surface area (Å²) in [5.41, 5.74) is 1.56. The third-order valence-electron chi connectivity index (χ3n) is 4.38. The molecular weight excluding hydrogens is 411 g/mol. The van der Waals surface area contributed by atoms with Crippen LogP contribution in [0.2, 0.25) is 5.02 Å². The van der Waals surface area contributed by atoms with E-state index >= 15 is 0 Å². The lowest BCUT2D eigenvalue weighted by molar-refractivity contribution is -0.137. The van der Waals surface area contributed by atoms with Gasteiger partial charge < -0.3 is 0 Å². The first kappa shape index (κ1) is 19.4. The molecule has 0 saturated carbocycles. The van der Waals surface area contributed by atoms with Crippen LogP contribution in [0.4, 0.5) is 4.39 Å². The summed E-state index contributed by atoms with van der Waals surface area (Å²) >= 11 is 7.14. The van der Waals surface area contributed by atoms with Gasteiger partial charge in [0.1, 0.15) is 5.82 Å². The van der Waals surface area contributed by atoms with Crippen molar-refractivity contribution in [2.45, 2.75) is 11.4 Å². The fourth-order valence-corrected chi connectivity index (χ4v) is 4.09. The molecule has 1 aliphatic rings. The van der Waals surface area contributed by atoms with Gasteiger partial charge in [-0.3, -0.25) is 19.5 Å². The van der Waals surface area contributed by atoms with E-state index in [-0.39, 0.29) is 18.0 Å². The Bertz CT molecular complexity index is 1100. The van der Waals surface area contributed by atoms with Gasteiger partial charge in [-0.2, -0.15) is 0 Å². The lowest BCUT2D eigenvalue weighted by Gasteiger charge is -2.15. The highest BCUT2D eigenvalue weighted by atomic mass is 35.5. The number of imide groups is 1. The highest BCUT2D eigenvalue weighted by Crippen LogP contribution is 2.40. The minimum atomic E-state index is -0.410. The van der Waals surface area contributed by atoms with E-state index in [4.69, 9.17) is 11.6 Å². The molecule has 0 aliphatic carbocycles. The maximum atomic E-state index is 13.4. The molecule has 1 aliphatic heterocycles. The summed E-state index contributed by atoms with van der Waals surface area (Å²) in [5.74, 6) is -1.20. The minimum absolute atomic E-state index is 0.134. The Labute approximate surface area is 176 Å². The zero-order valence-corrected chi connectivity index (χ0v) is 16.6. The molecule has 4 rings (SSSR count). The quantitative estimate of drug-likeness (QED) is 0.544. The first-order chi connectivity index (χ1) is 14.0. The van der Waals surface area contributed by atoms with Gasteiger partial charge in [-0.15, -0.1) is 0 Å². The molecule has 0 fully saturated rings. The fourth-order valence-electron chi connectivity index (χ4n) is 2.95. The Balaban J connectivity index is 1.74. The number of halogens is 2. The number of carbonyl (C=O) groups excluding carboxylic acids is 2. The van der Waals surface area contributed by atoms with Crippen LogP contribution in [0.5, 0.6) is 0 Å². The summed E-state index contributed by atoms with van der Waals surface area (Å²) < 4.78 is 13.4. The average Bonchev–Trinajstić information content (AvgIpc) is 2.95. The van der Waals surface area contributed by atoms with E-state index in [0.29, 0.717) is 15.5 Å². The summed E-state index contributed by atoms with van der Waals surface area (Å²) in [6.07, 6.45) is 3.22. The molecule has 0 N–H and O–H groups in total. The molecule has 0 saturated heterocycles. The van der Waals surface area contributed by atoms with Crippen LogP contribution in [0.15, 0.2) is 82.9 Å². The van der Waals surface area contributed by atoms with Crippen molar-refractivity contribution in [1.29, 1.82) is 0 Å². The van der Waals surface area contributed by atoms with Crippen LogP contribution in [-0.2, 0) is 16.1 Å². The van der Waals surface area contributed by atoms with Crippen molar-refractivity contribution in [3.8, 4) is 0 Å². The molecule has 0 bridgehead atoms. The number of hydrogen-bond donors (Lipinski definition) is 0. The smallest absolute Gasteiger partial charge is 0.268 e. The van der Waals surface area contributed by atoms with E-state index < -0.39 is 11.7 Å². The standard InChI is InChI=1S/C22H14ClFN2O2S/c23-16-3-7-18(8-4-16)29-20-19(15-1-5-17(24)6-2-15)21(27)26(22(20)28)13-14-9-11-25-12-10-14/h1-12H,13H2. The van der Waals surface area contributed by atoms with Crippen LogP contribution in [0.3, 0.4) is 0 Å². The van der Waals surface area contributed by atoms with E-state index in [9.17, 15) is 14.0 Å². The molecule has 0 atom stereocenters. The largest absolute Gasteiger partial charge is 0.269 e. The van der Waals surface area contributed by atoms with Gasteiger partial charge in [0.25, 0.3) is 11.8 Å². The Morgan fingerprint density at radius 2 is 1.55 bits per heavy atom. The number of benzene rings is 2. The maximum absolute atomic E-state index is 13.4. The van der Waals surface area contributed by atoms with Crippen LogP contribution in [-0.4, -0.2) is 21.7 Å². The van der Waals surface area contributed by atoms with Crippen molar-refractivity contribution in [1.82, 2.24) is 9.88 Å². The average molecular weight is 425 g/mol. The topological polar surface area (TPSA) is 50.3 Å². The number of nitrogens with zero attached hydrogens (tertiary/aromatic N) is 2. The molecule has 0 unspecified atom stereocenters. The Kier molecular flexibility index (Phi) is 5.47. The van der Waals surface area contributed by atoms with Crippen LogP contribution in [0.25, 0.3) is 5.57 Å². The molecule has 29 heavy (non-hydrogen) atoms. The van der Waals surface area contributed by atoms with Gasteiger partial charge in [-0.25, -0.2) is 4.39 Å². The summed E-state index contributed by atoms with van der Waals surface area (Å²) in [7, 11) is 0. The van der Waals surface area contributed by atoms with Gasteiger partial charge >= 0.3 is 0 Å². The zero-order chi connectivity index (χ0) is 20.4. The number of pyridine rings is 1. The molecule has 0 radical (unpaired) electrons. The van der Waals surface area contributed by atoms with Crippen molar-refractivity contribution in [2.75, 3.05) is 0 Å². The van der Waals surface area contributed by atoms with Gasteiger partial charge in [0.05, 0.1) is 17.0 Å². The number of aromatic nitrogens is 1. The molecule has 1 aromatic heterocycles. The second kappa shape index (κ2) is 8.19. The normalized spacial score (nSPS) is 14.1. The third kappa shape index (κ3) is 4.09. The summed E-state index contributed by atoms with van der Waals surface area (Å²) in [5, 5.41) is 0.579. The van der Waals surface area contributed by atoms with Crippen LogP contribution < -0.4 is 0 Å². The third-order valence-corrected chi connectivity index (χ3v) is 5.72. The maximum Gasteiger partial charge on any atom is 0.268 e. The molecule has 3 aromatic rings. The van der Waals surface area contributed by atoms with E-state index in [0.717, 1.165) is 10.5 Å². The molecular formula is C22H14ClFN2O2S. The van der Waals surface area contributed by atoms with Crippen molar-refractivity contribution >= 4 is 40.8 Å². The van der Waals surface area contributed by atoms with E-state index in [1.807, 2.05) is 0 Å². The molecule has 2 aromatic carbocycles. The SMILES string of the molecule is O=C1C(Sc2ccc(Cl)cc2)=C(c2ccc(F)cc2)C(=O)N1Cc1ccncc1. The van der Waals surface area contributed by atoms with Crippen molar-refractivity contribution in [3.63, 3.8) is 0 Å². The minimum Gasteiger partial charge on any atom is -0.269 e. The first-order valence-electron chi connectivity index (χ1n) is 8.71. The van der Waals surface area contributed by atoms with Crippen molar-refractivity contribution in [3.05, 3.63) is 99.9 Å². The van der Waals surface area contributed by atoms with E-state index in [1.165, 1.54) is 40.9 Å². The molecule has 144 valence electrons. The Morgan fingerprint density at radius 3 is 2.21 bits per heavy atom. The number of amides is 2. The summed E-state index contributed by atoms with van der Waals surface area (Å²) in [6.45, 7) is 0.134. The molecule has 2 heterocycles. The van der Waals surface area contributed by atoms with Gasteiger partial charge in [-0.1, -0.05) is 35.5 Å². The molecule has 2 amide bonds. The second-order valence-corrected chi connectivity index (χ2v) is 7.84. The zero-order valence-electron chi connectivity index (χ0n) is 15.0. The number of rotatable bonds is 5. The van der Waals surface area contributed by atoms with Gasteiger partial charge in [-0.05, 0) is 59.7 Å². The number of hydrogen-bond acceptors (Lipinski definition) is 4. The van der Waals surface area contributed by atoms with E-state index in [1.54, 1.807) is 48.8 Å². The lowest BCUT2D eigenvalue weighted by atomic mass is 10.1. The monoisotopic (exact) mass is 424 g/mol. The van der Waals surface area contributed by atoms with E-state index in [2.05, 4.69) is 4.98 Å². The number of thioether (sulfide) groups is 1. The Morgan fingerprint density at radius 1 is 0.897 bits per heavy atom. The van der Waals surface area contributed by atoms with Crippen molar-refractivity contribution in [2.24, 2.45) is 0 Å². The highest BCUT2D eigenvalue weighted by molar-refractivity contribution is 8.04. The summed E-state index contributed by atoms with van der Waals surface area (Å²) in [6, 6.07) is 16.1. The van der Waals surface area contributed by atoms with Gasteiger partial charge in [0.15, 0.2) is 0 Å². The van der Waals surface area contributed by atoms with Crippen molar-refractivity contribution < 1.29 is 14.0 Å². The first-order valence-corrected chi connectivity index (χ1v) is 9.91. The van der Waals surface area contributed by atoms with Gasteiger partial charge in [0.2, 0.25) is 0 Å². The highest BCUT2D eigenvalue weighted by Gasteiger charge is 2.39. The predicted octanol–water partition coefficient (Wildman–Crippen LogP) is 4.95. The van der Waals surface area contributed by atoms with Crippen LogP contribution in [0, 0.1) is 5.82 Å². The number of carbonyl (C=O) groups is 2. The molecule has 4 nitrogen and oxygen atoms in total. The molecule has 7 heteroatoms. The second-order valence-electron chi connectivity index (χ2n) is 6.32. The summed E-state index contributed by atoms with van der Waals surface area (Å²) in [4.78, 5) is 32.6. The van der Waals surface area contributed by atoms with Crippen LogP contribution in [0.1, 0.15) is 11.1 Å². The van der Waals surface area contributed by atoms with Crippen LogP contribution >= 0.6 is 23.4 Å². The fraction of sp³-hybridized carbons (Fsp3) is 0.0455. The lowest BCUT2D eigenvalue weighted by Crippen LogP contribution is -2.30. The molecule has 0 spiro atoms.